The molecule has 0 heterocycles. The molecule has 5 nitrogen and oxygen atoms in total. The number of nitrogens with zero attached hydrogens (tertiary/aromatic N) is 1. The minimum absolute atomic E-state index is 0.0163. The first-order chi connectivity index (χ1) is 10.0. The van der Waals surface area contributed by atoms with Crippen molar-refractivity contribution in [3.63, 3.8) is 0 Å². The van der Waals surface area contributed by atoms with E-state index in [1.54, 1.807) is 31.2 Å². The Bertz CT molecular complexity index is 656. The number of nitro groups is 1. The Kier molecular flexibility index (Phi) is 4.55. The average Bonchev–Trinajstić information content (AvgIpc) is 2.46. The molecule has 0 saturated heterocycles. The van der Waals surface area contributed by atoms with Crippen LogP contribution in [0.4, 0.5) is 5.69 Å². The van der Waals surface area contributed by atoms with Gasteiger partial charge in [-0.05, 0) is 25.5 Å². The van der Waals surface area contributed by atoms with E-state index < -0.39 is 4.92 Å². The van der Waals surface area contributed by atoms with Crippen molar-refractivity contribution in [1.82, 2.24) is 0 Å². The Morgan fingerprint density at radius 1 is 1.19 bits per heavy atom. The second-order valence-corrected chi connectivity index (χ2v) is 4.83. The van der Waals surface area contributed by atoms with Gasteiger partial charge in [0.05, 0.1) is 4.92 Å². The van der Waals surface area contributed by atoms with E-state index >= 15 is 0 Å². The molecule has 0 aliphatic carbocycles. The average molecular weight is 286 g/mol. The zero-order valence-electron chi connectivity index (χ0n) is 12.1. The summed E-state index contributed by atoms with van der Waals surface area (Å²) in [5.41, 5.74) is 7.45. The van der Waals surface area contributed by atoms with Crippen molar-refractivity contribution in [2.45, 2.75) is 26.3 Å². The molecule has 2 aromatic carbocycles. The highest BCUT2D eigenvalue weighted by Crippen LogP contribution is 2.36. The van der Waals surface area contributed by atoms with E-state index in [0.717, 1.165) is 12.0 Å². The third-order valence-corrected chi connectivity index (χ3v) is 3.36. The lowest BCUT2D eigenvalue weighted by Crippen LogP contribution is -2.10. The zero-order chi connectivity index (χ0) is 15.4. The molecule has 0 aliphatic heterocycles. The Balaban J connectivity index is 2.44. The normalized spacial score (nSPS) is 12.0. The van der Waals surface area contributed by atoms with E-state index in [9.17, 15) is 10.1 Å². The van der Waals surface area contributed by atoms with Gasteiger partial charge in [-0.1, -0.05) is 37.3 Å². The van der Waals surface area contributed by atoms with E-state index in [1.807, 2.05) is 25.1 Å². The highest BCUT2D eigenvalue weighted by molar-refractivity contribution is 5.54. The van der Waals surface area contributed by atoms with Crippen molar-refractivity contribution in [1.29, 1.82) is 0 Å². The molecule has 0 aromatic heterocycles. The second kappa shape index (κ2) is 6.37. The molecule has 0 saturated carbocycles. The standard InChI is InChI=1S/C16H18N2O3/c1-3-13(17)12-8-4-5-9-14(12)21-15-10-6-7-11(2)16(15)18(19)20/h4-10,13H,3,17H2,1-2H3/t13-/m0/s1. The van der Waals surface area contributed by atoms with E-state index in [0.29, 0.717) is 11.3 Å². The summed E-state index contributed by atoms with van der Waals surface area (Å²) in [5.74, 6) is 0.788. The Labute approximate surface area is 123 Å². The fourth-order valence-corrected chi connectivity index (χ4v) is 2.17. The third kappa shape index (κ3) is 3.20. The smallest absolute Gasteiger partial charge is 0.314 e. The van der Waals surface area contributed by atoms with Gasteiger partial charge in [-0.2, -0.15) is 0 Å². The first kappa shape index (κ1) is 15.0. The molecule has 0 radical (unpaired) electrons. The highest BCUT2D eigenvalue weighted by Gasteiger charge is 2.20. The molecule has 2 rings (SSSR count). The molecule has 0 spiro atoms. The van der Waals surface area contributed by atoms with Gasteiger partial charge in [0, 0.05) is 17.2 Å². The number of rotatable bonds is 5. The summed E-state index contributed by atoms with van der Waals surface area (Å²) in [7, 11) is 0. The lowest BCUT2D eigenvalue weighted by Gasteiger charge is -2.15. The van der Waals surface area contributed by atoms with Crippen LogP contribution >= 0.6 is 0 Å². The zero-order valence-corrected chi connectivity index (χ0v) is 12.1. The summed E-state index contributed by atoms with van der Waals surface area (Å²) in [6, 6.07) is 12.2. The molecular formula is C16H18N2O3. The van der Waals surface area contributed by atoms with Crippen molar-refractivity contribution in [3.05, 3.63) is 63.7 Å². The number of ether oxygens (including phenoxy) is 1. The van der Waals surface area contributed by atoms with Gasteiger partial charge in [-0.15, -0.1) is 0 Å². The maximum absolute atomic E-state index is 11.2. The second-order valence-electron chi connectivity index (χ2n) is 4.83. The van der Waals surface area contributed by atoms with Crippen LogP contribution in [0.15, 0.2) is 42.5 Å². The Hall–Kier alpha value is -2.40. The molecule has 0 aliphatic rings. The summed E-state index contributed by atoms with van der Waals surface area (Å²) in [6.07, 6.45) is 0.760. The molecule has 2 N–H and O–H groups in total. The molecule has 0 fully saturated rings. The monoisotopic (exact) mass is 286 g/mol. The van der Waals surface area contributed by atoms with Gasteiger partial charge >= 0.3 is 5.69 Å². The number of hydrogen-bond donors (Lipinski definition) is 1. The van der Waals surface area contributed by atoms with Crippen LogP contribution < -0.4 is 10.5 Å². The minimum atomic E-state index is -0.424. The van der Waals surface area contributed by atoms with Crippen LogP contribution in [-0.4, -0.2) is 4.92 Å². The van der Waals surface area contributed by atoms with Crippen LogP contribution in [0, 0.1) is 17.0 Å². The number of aryl methyl sites for hydroxylation is 1. The van der Waals surface area contributed by atoms with Crippen LogP contribution in [0.25, 0.3) is 0 Å². The van der Waals surface area contributed by atoms with Gasteiger partial charge in [-0.3, -0.25) is 10.1 Å². The number of hydrogen-bond acceptors (Lipinski definition) is 4. The van der Waals surface area contributed by atoms with Gasteiger partial charge in [0.2, 0.25) is 5.75 Å². The van der Waals surface area contributed by atoms with Crippen molar-refractivity contribution in [3.8, 4) is 11.5 Å². The lowest BCUT2D eigenvalue weighted by atomic mass is 10.0. The summed E-state index contributed by atoms with van der Waals surface area (Å²) in [5, 5.41) is 11.2. The number of nitrogens with two attached hydrogens (primary N) is 1. The summed E-state index contributed by atoms with van der Waals surface area (Å²) in [6.45, 7) is 3.67. The Morgan fingerprint density at radius 3 is 2.52 bits per heavy atom. The first-order valence-electron chi connectivity index (χ1n) is 6.81. The van der Waals surface area contributed by atoms with Crippen molar-refractivity contribution < 1.29 is 9.66 Å². The topological polar surface area (TPSA) is 78.4 Å². The van der Waals surface area contributed by atoms with Crippen molar-refractivity contribution >= 4 is 5.69 Å². The molecule has 21 heavy (non-hydrogen) atoms. The van der Waals surface area contributed by atoms with E-state index in [4.69, 9.17) is 10.5 Å². The van der Waals surface area contributed by atoms with E-state index in [2.05, 4.69) is 0 Å². The van der Waals surface area contributed by atoms with Gasteiger partial charge in [0.1, 0.15) is 5.75 Å². The molecule has 1 atom stereocenters. The van der Waals surface area contributed by atoms with Crippen LogP contribution in [0.3, 0.4) is 0 Å². The number of para-hydroxylation sites is 2. The fraction of sp³-hybridized carbons (Fsp3) is 0.250. The predicted octanol–water partition coefficient (Wildman–Crippen LogP) is 4.11. The number of benzene rings is 2. The maximum atomic E-state index is 11.2. The van der Waals surface area contributed by atoms with E-state index in [1.165, 1.54) is 0 Å². The van der Waals surface area contributed by atoms with Gasteiger partial charge in [0.15, 0.2) is 0 Å². The van der Waals surface area contributed by atoms with Gasteiger partial charge in [0.25, 0.3) is 0 Å². The lowest BCUT2D eigenvalue weighted by molar-refractivity contribution is -0.386. The SMILES string of the molecule is CC[C@H](N)c1ccccc1Oc1cccc(C)c1[N+](=O)[O-]. The summed E-state index contributed by atoms with van der Waals surface area (Å²) >= 11 is 0. The molecule has 0 amide bonds. The maximum Gasteiger partial charge on any atom is 0.314 e. The van der Waals surface area contributed by atoms with E-state index in [-0.39, 0.29) is 17.5 Å². The fourth-order valence-electron chi connectivity index (χ4n) is 2.17. The molecule has 110 valence electrons. The largest absolute Gasteiger partial charge is 0.450 e. The molecule has 0 bridgehead atoms. The van der Waals surface area contributed by atoms with Crippen LogP contribution in [-0.2, 0) is 0 Å². The predicted molar refractivity (Wildman–Crippen MR) is 81.6 cm³/mol. The number of nitro benzene ring substituents is 1. The highest BCUT2D eigenvalue weighted by atomic mass is 16.6. The van der Waals surface area contributed by atoms with Crippen LogP contribution in [0.5, 0.6) is 11.5 Å². The molecule has 0 unspecified atom stereocenters. The van der Waals surface area contributed by atoms with Crippen LogP contribution in [0.2, 0.25) is 0 Å². The molecule has 2 aromatic rings. The van der Waals surface area contributed by atoms with Crippen LogP contribution in [0.1, 0.15) is 30.5 Å². The first-order valence-corrected chi connectivity index (χ1v) is 6.81. The van der Waals surface area contributed by atoms with Crippen molar-refractivity contribution in [2.75, 3.05) is 0 Å². The molecule has 5 heteroatoms. The summed E-state index contributed by atoms with van der Waals surface area (Å²) < 4.78 is 5.78. The summed E-state index contributed by atoms with van der Waals surface area (Å²) in [4.78, 5) is 10.8. The van der Waals surface area contributed by atoms with Gasteiger partial charge < -0.3 is 10.5 Å². The quantitative estimate of drug-likeness (QED) is 0.662. The van der Waals surface area contributed by atoms with Gasteiger partial charge in [-0.25, -0.2) is 0 Å². The van der Waals surface area contributed by atoms with Crippen molar-refractivity contribution in [2.24, 2.45) is 5.73 Å². The minimum Gasteiger partial charge on any atom is -0.450 e. The molecular weight excluding hydrogens is 268 g/mol. The Morgan fingerprint density at radius 2 is 1.86 bits per heavy atom. The third-order valence-electron chi connectivity index (χ3n) is 3.36.